The van der Waals surface area contributed by atoms with E-state index in [-0.39, 0.29) is 6.10 Å². The van der Waals surface area contributed by atoms with Crippen LogP contribution in [0, 0.1) is 5.41 Å². The molecule has 0 bridgehead atoms. The summed E-state index contributed by atoms with van der Waals surface area (Å²) < 4.78 is 5.71. The van der Waals surface area contributed by atoms with Crippen LogP contribution in [0.2, 0.25) is 0 Å². The van der Waals surface area contributed by atoms with Crippen molar-refractivity contribution in [3.05, 3.63) is 29.8 Å². The van der Waals surface area contributed by atoms with Gasteiger partial charge in [0.2, 0.25) is 0 Å². The lowest BCUT2D eigenvalue weighted by Crippen LogP contribution is -2.26. The van der Waals surface area contributed by atoms with E-state index < -0.39 is 0 Å². The average Bonchev–Trinajstić information content (AvgIpc) is 2.33. The summed E-state index contributed by atoms with van der Waals surface area (Å²) >= 11 is 0. The van der Waals surface area contributed by atoms with E-state index >= 15 is 0 Å². The second-order valence-electron chi connectivity index (χ2n) is 7.01. The van der Waals surface area contributed by atoms with Crippen LogP contribution in [0.3, 0.4) is 0 Å². The predicted molar refractivity (Wildman–Crippen MR) is 87.3 cm³/mol. The summed E-state index contributed by atoms with van der Waals surface area (Å²) in [7, 11) is 0. The molecule has 0 amide bonds. The largest absolute Gasteiger partial charge is 0.491 e. The molecule has 1 unspecified atom stereocenters. The molecule has 1 N–H and O–H groups in total. The van der Waals surface area contributed by atoms with E-state index in [0.29, 0.717) is 11.5 Å². The van der Waals surface area contributed by atoms with E-state index in [9.17, 15) is 0 Å². The number of ether oxygens (including phenoxy) is 1. The monoisotopic (exact) mass is 277 g/mol. The molecule has 0 saturated carbocycles. The van der Waals surface area contributed by atoms with Gasteiger partial charge in [0.1, 0.15) is 5.75 Å². The summed E-state index contributed by atoms with van der Waals surface area (Å²) in [6.45, 7) is 14.3. The Hall–Kier alpha value is -1.02. The fourth-order valence-electron chi connectivity index (χ4n) is 2.29. The maximum atomic E-state index is 5.71. The first-order chi connectivity index (χ1) is 9.31. The molecule has 114 valence electrons. The van der Waals surface area contributed by atoms with E-state index in [1.165, 1.54) is 5.56 Å². The van der Waals surface area contributed by atoms with Gasteiger partial charge in [-0.15, -0.1) is 0 Å². The second kappa shape index (κ2) is 7.68. The first-order valence-corrected chi connectivity index (χ1v) is 7.82. The molecule has 2 heteroatoms. The third-order valence-corrected chi connectivity index (χ3v) is 3.11. The van der Waals surface area contributed by atoms with Gasteiger partial charge < -0.3 is 10.1 Å². The molecule has 0 saturated heterocycles. The first-order valence-electron chi connectivity index (χ1n) is 7.82. The van der Waals surface area contributed by atoms with Gasteiger partial charge in [0, 0.05) is 6.04 Å². The Labute approximate surface area is 124 Å². The molecule has 0 fully saturated rings. The van der Waals surface area contributed by atoms with Crippen molar-refractivity contribution in [2.75, 3.05) is 6.54 Å². The van der Waals surface area contributed by atoms with Crippen LogP contribution in [0.4, 0.5) is 0 Å². The molecule has 1 aromatic carbocycles. The molecule has 0 spiro atoms. The zero-order chi connectivity index (χ0) is 15.2. The van der Waals surface area contributed by atoms with Gasteiger partial charge in [-0.05, 0) is 56.3 Å². The summed E-state index contributed by atoms with van der Waals surface area (Å²) in [4.78, 5) is 0. The maximum Gasteiger partial charge on any atom is 0.119 e. The highest BCUT2D eigenvalue weighted by Gasteiger charge is 2.19. The highest BCUT2D eigenvalue weighted by atomic mass is 16.5. The van der Waals surface area contributed by atoms with Gasteiger partial charge in [-0.1, -0.05) is 39.8 Å². The Kier molecular flexibility index (Phi) is 6.54. The summed E-state index contributed by atoms with van der Waals surface area (Å²) in [5, 5.41) is 3.66. The van der Waals surface area contributed by atoms with Gasteiger partial charge in [0.15, 0.2) is 0 Å². The highest BCUT2D eigenvalue weighted by molar-refractivity contribution is 5.29. The molecule has 0 aliphatic rings. The van der Waals surface area contributed by atoms with Crippen LogP contribution < -0.4 is 10.1 Å². The van der Waals surface area contributed by atoms with Crippen LogP contribution in [0.1, 0.15) is 66.0 Å². The molecule has 0 aromatic heterocycles. The van der Waals surface area contributed by atoms with Gasteiger partial charge in [-0.3, -0.25) is 0 Å². The van der Waals surface area contributed by atoms with Crippen molar-refractivity contribution in [2.24, 2.45) is 5.41 Å². The maximum absolute atomic E-state index is 5.71. The molecule has 1 atom stereocenters. The molecule has 1 rings (SSSR count). The summed E-state index contributed by atoms with van der Waals surface area (Å²) in [5.41, 5.74) is 1.67. The molecule has 1 aromatic rings. The molecule has 2 nitrogen and oxygen atoms in total. The van der Waals surface area contributed by atoms with Crippen LogP contribution in [0.25, 0.3) is 0 Å². The van der Waals surface area contributed by atoms with E-state index in [1.54, 1.807) is 0 Å². The lowest BCUT2D eigenvalue weighted by atomic mass is 9.85. The van der Waals surface area contributed by atoms with Crippen molar-refractivity contribution >= 4 is 0 Å². The number of hydrogen-bond acceptors (Lipinski definition) is 2. The Morgan fingerprint density at radius 1 is 1.10 bits per heavy atom. The van der Waals surface area contributed by atoms with Crippen molar-refractivity contribution < 1.29 is 4.74 Å². The minimum Gasteiger partial charge on any atom is -0.491 e. The summed E-state index contributed by atoms with van der Waals surface area (Å²) in [6.07, 6.45) is 2.52. The normalized spacial score (nSPS) is 13.6. The zero-order valence-electron chi connectivity index (χ0n) is 14.0. The third-order valence-electron chi connectivity index (χ3n) is 3.11. The van der Waals surface area contributed by atoms with Gasteiger partial charge >= 0.3 is 0 Å². The van der Waals surface area contributed by atoms with Gasteiger partial charge in [-0.25, -0.2) is 0 Å². The predicted octanol–water partition coefficient (Wildman–Crippen LogP) is 4.95. The molecule has 0 aliphatic heterocycles. The fraction of sp³-hybridized carbons (Fsp3) is 0.667. The van der Waals surface area contributed by atoms with E-state index in [4.69, 9.17) is 4.74 Å². The molecule has 0 aliphatic carbocycles. The van der Waals surface area contributed by atoms with Crippen LogP contribution in [0.15, 0.2) is 24.3 Å². The molecular formula is C18H31NO. The Morgan fingerprint density at radius 2 is 1.70 bits per heavy atom. The fourth-order valence-corrected chi connectivity index (χ4v) is 2.29. The van der Waals surface area contributed by atoms with E-state index in [1.807, 2.05) is 0 Å². The van der Waals surface area contributed by atoms with Crippen LogP contribution in [0.5, 0.6) is 5.75 Å². The Bertz CT molecular complexity index is 375. The minimum absolute atomic E-state index is 0.226. The highest BCUT2D eigenvalue weighted by Crippen LogP contribution is 2.30. The van der Waals surface area contributed by atoms with E-state index in [2.05, 4.69) is 71.1 Å². The summed E-state index contributed by atoms with van der Waals surface area (Å²) in [5.74, 6) is 0.953. The van der Waals surface area contributed by atoms with Crippen molar-refractivity contribution in [2.45, 2.75) is 66.5 Å². The zero-order valence-corrected chi connectivity index (χ0v) is 14.0. The van der Waals surface area contributed by atoms with Crippen molar-refractivity contribution in [3.63, 3.8) is 0 Å². The Morgan fingerprint density at radius 3 is 2.15 bits per heavy atom. The molecule has 0 heterocycles. The van der Waals surface area contributed by atoms with Gasteiger partial charge in [0.05, 0.1) is 6.10 Å². The SMILES string of the molecule is CCCNC(CC(C)(C)C)c1ccc(OC(C)C)cc1. The third kappa shape index (κ3) is 6.42. The topological polar surface area (TPSA) is 21.3 Å². The van der Waals surface area contributed by atoms with Crippen LogP contribution in [-0.2, 0) is 0 Å². The standard InChI is InChI=1S/C18H31NO/c1-7-12-19-17(13-18(4,5)6)15-8-10-16(11-9-15)20-14(2)3/h8-11,14,17,19H,7,12-13H2,1-6H3. The molecule has 20 heavy (non-hydrogen) atoms. The number of benzene rings is 1. The smallest absolute Gasteiger partial charge is 0.119 e. The van der Waals surface area contributed by atoms with E-state index in [0.717, 1.165) is 25.1 Å². The minimum atomic E-state index is 0.226. The lowest BCUT2D eigenvalue weighted by Gasteiger charge is -2.27. The van der Waals surface area contributed by atoms with Crippen molar-refractivity contribution in [1.82, 2.24) is 5.32 Å². The Balaban J connectivity index is 2.79. The molecule has 0 radical (unpaired) electrons. The second-order valence-corrected chi connectivity index (χ2v) is 7.01. The van der Waals surface area contributed by atoms with Crippen molar-refractivity contribution in [1.29, 1.82) is 0 Å². The quantitative estimate of drug-likeness (QED) is 0.761. The van der Waals surface area contributed by atoms with Crippen molar-refractivity contribution in [3.8, 4) is 5.75 Å². The lowest BCUT2D eigenvalue weighted by molar-refractivity contribution is 0.242. The van der Waals surface area contributed by atoms with Crippen LogP contribution in [-0.4, -0.2) is 12.6 Å². The summed E-state index contributed by atoms with van der Waals surface area (Å²) in [6, 6.07) is 8.97. The average molecular weight is 277 g/mol. The number of rotatable bonds is 7. The molecular weight excluding hydrogens is 246 g/mol. The van der Waals surface area contributed by atoms with Crippen LogP contribution >= 0.6 is 0 Å². The first kappa shape index (κ1) is 17.0. The number of hydrogen-bond donors (Lipinski definition) is 1. The van der Waals surface area contributed by atoms with Gasteiger partial charge in [-0.2, -0.15) is 0 Å². The number of nitrogens with one attached hydrogen (secondary N) is 1. The van der Waals surface area contributed by atoms with Gasteiger partial charge in [0.25, 0.3) is 0 Å².